The Morgan fingerprint density at radius 1 is 1.64 bits per heavy atom. The van der Waals surface area contributed by atoms with Crippen molar-refractivity contribution in [2.75, 3.05) is 0 Å². The van der Waals surface area contributed by atoms with Crippen LogP contribution in [0.1, 0.15) is 6.55 Å². The summed E-state index contributed by atoms with van der Waals surface area (Å²) in [6.45, 7) is -2.94. The molecule has 7 heteroatoms. The zero-order valence-electron chi connectivity index (χ0n) is 5.46. The molecule has 0 saturated carbocycles. The van der Waals surface area contributed by atoms with Crippen LogP contribution in [-0.2, 0) is 7.05 Å². The van der Waals surface area contributed by atoms with Crippen molar-refractivity contribution in [3.63, 3.8) is 0 Å². The summed E-state index contributed by atoms with van der Waals surface area (Å²) in [4.78, 5) is 10.7. The number of aryl methyl sites for hydroxylation is 1. The minimum atomic E-state index is -2.94. The molecule has 0 spiro atoms. The molecule has 0 aromatic carbocycles. The molecule has 0 aliphatic rings. The monoisotopic (exact) mass is 183 g/mol. The quantitative estimate of drug-likeness (QED) is 0.641. The van der Waals surface area contributed by atoms with E-state index in [4.69, 9.17) is 11.6 Å². The Kier molecular flexibility index (Phi) is 1.95. The predicted molar refractivity (Wildman–Crippen MR) is 33.7 cm³/mol. The SMILES string of the molecule is Cn1nc(Cl)n(C(F)F)c1=O. The molecule has 1 aromatic heterocycles. The van der Waals surface area contributed by atoms with Gasteiger partial charge in [0.15, 0.2) is 0 Å². The summed E-state index contributed by atoms with van der Waals surface area (Å²) in [7, 11) is 1.24. The minimum Gasteiger partial charge on any atom is -0.246 e. The first-order valence-electron chi connectivity index (χ1n) is 2.63. The van der Waals surface area contributed by atoms with Crippen molar-refractivity contribution in [2.45, 2.75) is 6.55 Å². The van der Waals surface area contributed by atoms with Crippen molar-refractivity contribution >= 4 is 11.6 Å². The third-order valence-corrected chi connectivity index (χ3v) is 1.37. The third kappa shape index (κ3) is 1.25. The van der Waals surface area contributed by atoms with Gasteiger partial charge in [-0.25, -0.2) is 14.0 Å². The molecular weight excluding hydrogens is 180 g/mol. The molecule has 0 fully saturated rings. The van der Waals surface area contributed by atoms with Crippen LogP contribution in [0.3, 0.4) is 0 Å². The predicted octanol–water partition coefficient (Wildman–Crippen LogP) is 0.630. The fourth-order valence-electron chi connectivity index (χ4n) is 0.614. The van der Waals surface area contributed by atoms with Gasteiger partial charge in [0.25, 0.3) is 0 Å². The molecular formula is C4H4ClF2N3O. The van der Waals surface area contributed by atoms with E-state index in [1.54, 1.807) is 0 Å². The Balaban J connectivity index is 3.35. The first-order chi connectivity index (χ1) is 5.04. The van der Waals surface area contributed by atoms with Crippen molar-refractivity contribution in [2.24, 2.45) is 7.05 Å². The van der Waals surface area contributed by atoms with Crippen LogP contribution in [0, 0.1) is 0 Å². The Morgan fingerprint density at radius 2 is 2.18 bits per heavy atom. The number of alkyl halides is 2. The fraction of sp³-hybridized carbons (Fsp3) is 0.500. The van der Waals surface area contributed by atoms with Gasteiger partial charge in [0, 0.05) is 7.05 Å². The number of nitrogens with zero attached hydrogens (tertiary/aromatic N) is 3. The molecule has 11 heavy (non-hydrogen) atoms. The first kappa shape index (κ1) is 8.19. The number of hydrogen-bond donors (Lipinski definition) is 0. The maximum absolute atomic E-state index is 11.9. The third-order valence-electron chi connectivity index (χ3n) is 1.11. The topological polar surface area (TPSA) is 39.8 Å². The van der Waals surface area contributed by atoms with Gasteiger partial charge >= 0.3 is 12.2 Å². The summed E-state index contributed by atoms with van der Waals surface area (Å²) in [5, 5.41) is 2.78. The molecule has 4 nitrogen and oxygen atoms in total. The molecule has 1 heterocycles. The Hall–Kier alpha value is -0.910. The van der Waals surface area contributed by atoms with Gasteiger partial charge in [0.2, 0.25) is 5.28 Å². The molecule has 1 rings (SSSR count). The molecule has 0 atom stereocenters. The maximum Gasteiger partial charge on any atom is 0.351 e. The van der Waals surface area contributed by atoms with Crippen LogP contribution in [0.15, 0.2) is 4.79 Å². The van der Waals surface area contributed by atoms with E-state index >= 15 is 0 Å². The fourth-order valence-corrected chi connectivity index (χ4v) is 0.873. The zero-order valence-corrected chi connectivity index (χ0v) is 6.22. The molecule has 1 aromatic rings. The van der Waals surface area contributed by atoms with Gasteiger partial charge in [-0.15, -0.1) is 5.10 Å². The molecule has 0 unspecified atom stereocenters. The number of halogens is 3. The highest BCUT2D eigenvalue weighted by Gasteiger charge is 2.16. The van der Waals surface area contributed by atoms with E-state index in [0.29, 0.717) is 0 Å². The summed E-state index contributed by atoms with van der Waals surface area (Å²) in [6.07, 6.45) is 0. The van der Waals surface area contributed by atoms with Gasteiger partial charge in [-0.3, -0.25) is 0 Å². The second-order valence-electron chi connectivity index (χ2n) is 1.82. The molecule has 0 saturated heterocycles. The molecule has 0 bridgehead atoms. The lowest BCUT2D eigenvalue weighted by molar-refractivity contribution is 0.0662. The van der Waals surface area contributed by atoms with Crippen molar-refractivity contribution in [1.29, 1.82) is 0 Å². The summed E-state index contributed by atoms with van der Waals surface area (Å²) in [6, 6.07) is 0. The molecule has 0 aliphatic carbocycles. The van der Waals surface area contributed by atoms with Crippen LogP contribution in [0.5, 0.6) is 0 Å². The van der Waals surface area contributed by atoms with E-state index in [1.165, 1.54) is 7.05 Å². The number of hydrogen-bond acceptors (Lipinski definition) is 2. The molecule has 0 aliphatic heterocycles. The highest BCUT2D eigenvalue weighted by Crippen LogP contribution is 2.11. The lowest BCUT2D eigenvalue weighted by Crippen LogP contribution is -2.23. The normalized spacial score (nSPS) is 11.0. The Labute approximate surface area is 65.0 Å². The van der Waals surface area contributed by atoms with Gasteiger partial charge in [-0.2, -0.15) is 8.78 Å². The number of aromatic nitrogens is 3. The van der Waals surface area contributed by atoms with E-state index in [2.05, 4.69) is 5.10 Å². The molecule has 62 valence electrons. The summed E-state index contributed by atoms with van der Waals surface area (Å²) >= 11 is 5.20. The second-order valence-corrected chi connectivity index (χ2v) is 2.16. The second kappa shape index (κ2) is 2.61. The standard InChI is InChI=1S/C4H4ClF2N3O/c1-9-4(11)10(3(6)7)2(5)8-9/h3H,1H3. The summed E-state index contributed by atoms with van der Waals surface area (Å²) in [5.41, 5.74) is -0.926. The van der Waals surface area contributed by atoms with Crippen LogP contribution in [0.2, 0.25) is 5.28 Å². The minimum absolute atomic E-state index is 0.0988. The van der Waals surface area contributed by atoms with Gasteiger partial charge in [-0.1, -0.05) is 0 Å². The Bertz CT molecular complexity index is 318. The van der Waals surface area contributed by atoms with Gasteiger partial charge in [0.05, 0.1) is 0 Å². The lowest BCUT2D eigenvalue weighted by Gasteiger charge is -1.95. The van der Waals surface area contributed by atoms with Gasteiger partial charge < -0.3 is 0 Å². The summed E-state index contributed by atoms with van der Waals surface area (Å²) in [5.74, 6) is 0. The van der Waals surface area contributed by atoms with Crippen LogP contribution >= 0.6 is 11.6 Å². The first-order valence-corrected chi connectivity index (χ1v) is 3.01. The van der Waals surface area contributed by atoms with Gasteiger partial charge in [-0.05, 0) is 11.6 Å². The van der Waals surface area contributed by atoms with Crippen LogP contribution in [0.4, 0.5) is 8.78 Å². The summed E-state index contributed by atoms with van der Waals surface area (Å²) < 4.78 is 24.7. The van der Waals surface area contributed by atoms with E-state index in [-0.39, 0.29) is 4.57 Å². The van der Waals surface area contributed by atoms with E-state index < -0.39 is 17.5 Å². The van der Waals surface area contributed by atoms with E-state index in [9.17, 15) is 13.6 Å². The van der Waals surface area contributed by atoms with Crippen LogP contribution in [-0.4, -0.2) is 14.3 Å². The van der Waals surface area contributed by atoms with E-state index in [0.717, 1.165) is 4.68 Å². The molecule has 0 radical (unpaired) electrons. The highest BCUT2D eigenvalue weighted by molar-refractivity contribution is 6.28. The van der Waals surface area contributed by atoms with Crippen molar-refractivity contribution in [3.05, 3.63) is 15.8 Å². The smallest absolute Gasteiger partial charge is 0.246 e. The zero-order chi connectivity index (χ0) is 8.59. The van der Waals surface area contributed by atoms with Crippen molar-refractivity contribution in [3.8, 4) is 0 Å². The lowest BCUT2D eigenvalue weighted by atomic mass is 11.0. The van der Waals surface area contributed by atoms with Crippen molar-refractivity contribution in [1.82, 2.24) is 14.3 Å². The molecule has 0 amide bonds. The maximum atomic E-state index is 11.9. The Morgan fingerprint density at radius 3 is 2.36 bits per heavy atom. The average Bonchev–Trinajstić information content (AvgIpc) is 2.07. The largest absolute Gasteiger partial charge is 0.351 e. The van der Waals surface area contributed by atoms with Crippen LogP contribution in [0.25, 0.3) is 0 Å². The molecule has 0 N–H and O–H groups in total. The number of rotatable bonds is 1. The highest BCUT2D eigenvalue weighted by atomic mass is 35.5. The van der Waals surface area contributed by atoms with E-state index in [1.807, 2.05) is 0 Å². The average molecular weight is 184 g/mol. The van der Waals surface area contributed by atoms with Crippen LogP contribution < -0.4 is 5.69 Å². The van der Waals surface area contributed by atoms with Crippen molar-refractivity contribution < 1.29 is 8.78 Å². The van der Waals surface area contributed by atoms with Gasteiger partial charge in [0.1, 0.15) is 0 Å².